The lowest BCUT2D eigenvalue weighted by molar-refractivity contribution is 0.0117. The van der Waals surface area contributed by atoms with Gasteiger partial charge in [0.25, 0.3) is 0 Å². The molecule has 1 heterocycles. The first-order valence-electron chi connectivity index (χ1n) is 5.12. The van der Waals surface area contributed by atoms with Gasteiger partial charge in [0.1, 0.15) is 0 Å². The molecule has 0 aliphatic rings. The molecular formula is C11H20N2OS. The molecule has 0 aliphatic carbocycles. The van der Waals surface area contributed by atoms with Crippen LogP contribution in [0.25, 0.3) is 0 Å². The van der Waals surface area contributed by atoms with Crippen LogP contribution >= 0.6 is 11.3 Å². The summed E-state index contributed by atoms with van der Waals surface area (Å²) in [6, 6.07) is 2.33. The third-order valence-corrected chi connectivity index (χ3v) is 3.44. The smallest absolute Gasteiger partial charge is 0.0623 e. The lowest BCUT2D eigenvalue weighted by Crippen LogP contribution is -2.30. The average Bonchev–Trinajstić information content (AvgIpc) is 2.72. The maximum Gasteiger partial charge on any atom is 0.0623 e. The first kappa shape index (κ1) is 12.6. The molecule has 86 valence electrons. The van der Waals surface area contributed by atoms with Crippen LogP contribution in [0, 0.1) is 0 Å². The molecule has 1 aromatic heterocycles. The van der Waals surface area contributed by atoms with Crippen molar-refractivity contribution in [3.63, 3.8) is 0 Å². The van der Waals surface area contributed by atoms with E-state index in [2.05, 4.69) is 36.1 Å². The Morgan fingerprint density at radius 1 is 1.60 bits per heavy atom. The normalized spacial score (nSPS) is 14.1. The Bertz CT molecular complexity index is 272. The molecule has 15 heavy (non-hydrogen) atoms. The van der Waals surface area contributed by atoms with E-state index in [0.717, 1.165) is 12.8 Å². The van der Waals surface area contributed by atoms with Gasteiger partial charge in [-0.05, 0) is 49.1 Å². The van der Waals surface area contributed by atoms with E-state index in [9.17, 15) is 0 Å². The molecule has 0 fully saturated rings. The van der Waals surface area contributed by atoms with Crippen molar-refractivity contribution < 1.29 is 4.74 Å². The summed E-state index contributed by atoms with van der Waals surface area (Å²) in [6.45, 7) is 4.18. The Labute approximate surface area is 95.6 Å². The highest BCUT2D eigenvalue weighted by Crippen LogP contribution is 2.25. The summed E-state index contributed by atoms with van der Waals surface area (Å²) in [6.07, 6.45) is 1.96. The fourth-order valence-corrected chi connectivity index (χ4v) is 2.13. The van der Waals surface area contributed by atoms with Gasteiger partial charge in [-0.25, -0.2) is 0 Å². The van der Waals surface area contributed by atoms with Crippen LogP contribution in [0.5, 0.6) is 0 Å². The number of methoxy groups -OCH3 is 1. The predicted molar refractivity (Wildman–Crippen MR) is 64.7 cm³/mol. The summed E-state index contributed by atoms with van der Waals surface area (Å²) in [4.78, 5) is 0. The Morgan fingerprint density at radius 2 is 2.33 bits per heavy atom. The molecule has 0 saturated heterocycles. The fraction of sp³-hybridized carbons (Fsp3) is 0.636. The predicted octanol–water partition coefficient (Wildman–Crippen LogP) is 2.46. The molecular weight excluding hydrogens is 208 g/mol. The van der Waals surface area contributed by atoms with E-state index in [1.165, 1.54) is 5.56 Å². The van der Waals surface area contributed by atoms with Crippen LogP contribution in [-0.4, -0.2) is 12.7 Å². The molecule has 4 heteroatoms. The van der Waals surface area contributed by atoms with Crippen molar-refractivity contribution in [2.24, 2.45) is 5.84 Å². The van der Waals surface area contributed by atoms with Gasteiger partial charge in [0, 0.05) is 13.2 Å². The van der Waals surface area contributed by atoms with Gasteiger partial charge in [-0.15, -0.1) is 0 Å². The quantitative estimate of drug-likeness (QED) is 0.581. The average molecular weight is 228 g/mol. The number of rotatable bonds is 6. The van der Waals surface area contributed by atoms with Crippen molar-refractivity contribution in [1.82, 2.24) is 5.43 Å². The van der Waals surface area contributed by atoms with E-state index >= 15 is 0 Å². The molecule has 0 spiro atoms. The van der Waals surface area contributed by atoms with Gasteiger partial charge in [0.05, 0.1) is 5.60 Å². The van der Waals surface area contributed by atoms with Crippen molar-refractivity contribution >= 4 is 11.3 Å². The van der Waals surface area contributed by atoms with Gasteiger partial charge in [0.15, 0.2) is 0 Å². The minimum atomic E-state index is -0.0783. The Hall–Kier alpha value is -0.420. The molecule has 0 amide bonds. The highest BCUT2D eigenvalue weighted by molar-refractivity contribution is 7.07. The van der Waals surface area contributed by atoms with E-state index < -0.39 is 0 Å². The maximum absolute atomic E-state index is 5.55. The number of nitrogens with two attached hydrogens (primary N) is 1. The third-order valence-electron chi connectivity index (χ3n) is 2.73. The number of thiophene rings is 1. The lowest BCUT2D eigenvalue weighted by Gasteiger charge is -2.25. The molecule has 1 aromatic rings. The third kappa shape index (κ3) is 3.91. The Kier molecular flexibility index (Phi) is 4.73. The van der Waals surface area contributed by atoms with E-state index in [1.807, 2.05) is 0 Å². The van der Waals surface area contributed by atoms with Crippen LogP contribution in [0.15, 0.2) is 16.8 Å². The van der Waals surface area contributed by atoms with Crippen molar-refractivity contribution in [1.29, 1.82) is 0 Å². The molecule has 3 nitrogen and oxygen atoms in total. The first-order chi connectivity index (χ1) is 7.09. The molecule has 3 N–H and O–H groups in total. The molecule has 1 rings (SSSR count). The topological polar surface area (TPSA) is 47.3 Å². The van der Waals surface area contributed by atoms with E-state index in [0.29, 0.717) is 0 Å². The van der Waals surface area contributed by atoms with Crippen LogP contribution in [0.4, 0.5) is 0 Å². The maximum atomic E-state index is 5.55. The van der Waals surface area contributed by atoms with Crippen molar-refractivity contribution in [3.8, 4) is 0 Å². The van der Waals surface area contributed by atoms with Gasteiger partial charge in [-0.3, -0.25) is 11.3 Å². The van der Waals surface area contributed by atoms with E-state index in [1.54, 1.807) is 18.4 Å². The summed E-state index contributed by atoms with van der Waals surface area (Å²) in [5, 5.41) is 4.20. The van der Waals surface area contributed by atoms with Crippen molar-refractivity contribution in [3.05, 3.63) is 22.4 Å². The summed E-state index contributed by atoms with van der Waals surface area (Å²) >= 11 is 1.70. The zero-order chi connectivity index (χ0) is 11.3. The summed E-state index contributed by atoms with van der Waals surface area (Å²) in [5.74, 6) is 5.55. The summed E-state index contributed by atoms with van der Waals surface area (Å²) in [5.41, 5.74) is 4.03. The zero-order valence-corrected chi connectivity index (χ0v) is 10.4. The lowest BCUT2D eigenvalue weighted by atomic mass is 9.96. The second kappa shape index (κ2) is 5.61. The molecule has 1 atom stereocenters. The Balaban J connectivity index is 2.49. The van der Waals surface area contributed by atoms with Crippen LogP contribution in [0.2, 0.25) is 0 Å². The van der Waals surface area contributed by atoms with Gasteiger partial charge < -0.3 is 4.74 Å². The minimum absolute atomic E-state index is 0.0783. The number of hydrogen-bond donors (Lipinski definition) is 2. The standard InChI is InChI=1S/C11H20N2OS/c1-11(2,14-3)6-4-10(13-12)9-5-7-15-8-9/h5,7-8,10,13H,4,6,12H2,1-3H3. The number of hydrogen-bond acceptors (Lipinski definition) is 4. The van der Waals surface area contributed by atoms with Crippen molar-refractivity contribution in [2.45, 2.75) is 38.3 Å². The van der Waals surface area contributed by atoms with Gasteiger partial charge in [-0.1, -0.05) is 0 Å². The SMILES string of the molecule is COC(C)(C)CCC(NN)c1ccsc1. The van der Waals surface area contributed by atoms with E-state index in [4.69, 9.17) is 10.6 Å². The molecule has 0 saturated carbocycles. The van der Waals surface area contributed by atoms with Gasteiger partial charge in [-0.2, -0.15) is 11.3 Å². The number of ether oxygens (including phenoxy) is 1. The van der Waals surface area contributed by atoms with Crippen LogP contribution in [-0.2, 0) is 4.74 Å². The van der Waals surface area contributed by atoms with Crippen LogP contribution in [0.1, 0.15) is 38.3 Å². The second-order valence-corrected chi connectivity index (χ2v) is 5.06. The number of hydrazine groups is 1. The molecule has 0 aliphatic heterocycles. The number of nitrogens with one attached hydrogen (secondary N) is 1. The summed E-state index contributed by atoms with van der Waals surface area (Å²) < 4.78 is 5.38. The first-order valence-corrected chi connectivity index (χ1v) is 6.07. The van der Waals surface area contributed by atoms with Crippen molar-refractivity contribution in [2.75, 3.05) is 7.11 Å². The highest BCUT2D eigenvalue weighted by Gasteiger charge is 2.19. The summed E-state index contributed by atoms with van der Waals surface area (Å²) in [7, 11) is 1.75. The van der Waals surface area contributed by atoms with Crippen LogP contribution < -0.4 is 11.3 Å². The largest absolute Gasteiger partial charge is 0.379 e. The highest BCUT2D eigenvalue weighted by atomic mass is 32.1. The minimum Gasteiger partial charge on any atom is -0.379 e. The fourth-order valence-electron chi connectivity index (χ4n) is 1.41. The van der Waals surface area contributed by atoms with Gasteiger partial charge >= 0.3 is 0 Å². The molecule has 1 unspecified atom stereocenters. The molecule has 0 radical (unpaired) electrons. The monoisotopic (exact) mass is 228 g/mol. The van der Waals surface area contributed by atoms with E-state index in [-0.39, 0.29) is 11.6 Å². The zero-order valence-electron chi connectivity index (χ0n) is 9.62. The van der Waals surface area contributed by atoms with Crippen LogP contribution in [0.3, 0.4) is 0 Å². The second-order valence-electron chi connectivity index (χ2n) is 4.28. The molecule has 0 aromatic carbocycles. The van der Waals surface area contributed by atoms with Gasteiger partial charge in [0.2, 0.25) is 0 Å². The molecule has 0 bridgehead atoms. The Morgan fingerprint density at radius 3 is 2.80 bits per heavy atom.